The van der Waals surface area contributed by atoms with Gasteiger partial charge in [-0.25, -0.2) is 4.79 Å². The molecule has 1 aromatic carbocycles. The summed E-state index contributed by atoms with van der Waals surface area (Å²) in [5.41, 5.74) is -1.52. The second kappa shape index (κ2) is 5.85. The van der Waals surface area contributed by atoms with E-state index < -0.39 is 35.6 Å². The van der Waals surface area contributed by atoms with Crippen molar-refractivity contribution in [2.24, 2.45) is 0 Å². The minimum Gasteiger partial charge on any atom is -0.459 e. The molecule has 124 valence electrons. The van der Waals surface area contributed by atoms with Gasteiger partial charge in [-0.15, -0.1) is 0 Å². The summed E-state index contributed by atoms with van der Waals surface area (Å²) >= 11 is 6.13. The third-order valence-corrected chi connectivity index (χ3v) is 3.72. The van der Waals surface area contributed by atoms with Crippen LogP contribution in [0.2, 0.25) is 5.02 Å². The van der Waals surface area contributed by atoms with Crippen molar-refractivity contribution in [2.75, 3.05) is 6.54 Å². The molecule has 1 saturated heterocycles. The zero-order chi connectivity index (χ0) is 17.4. The Balaban J connectivity index is 2.24. The van der Waals surface area contributed by atoms with Crippen molar-refractivity contribution in [3.05, 3.63) is 34.9 Å². The quantitative estimate of drug-likeness (QED) is 0.678. The first-order valence-electron chi connectivity index (χ1n) is 7.15. The Bertz CT molecular complexity index is 668. The van der Waals surface area contributed by atoms with Gasteiger partial charge < -0.3 is 10.1 Å². The van der Waals surface area contributed by atoms with Crippen molar-refractivity contribution in [1.82, 2.24) is 10.2 Å². The number of ether oxygens (including phenoxy) is 1. The number of imide groups is 1. The van der Waals surface area contributed by atoms with Gasteiger partial charge in [-0.1, -0.05) is 29.8 Å². The molecule has 0 saturated carbocycles. The van der Waals surface area contributed by atoms with Crippen molar-refractivity contribution in [3.8, 4) is 0 Å². The number of hydrogen-bond acceptors (Lipinski definition) is 4. The normalized spacial score (nSPS) is 21.3. The van der Waals surface area contributed by atoms with Gasteiger partial charge >= 0.3 is 12.0 Å². The second-order valence-corrected chi connectivity index (χ2v) is 6.92. The first-order valence-corrected chi connectivity index (χ1v) is 7.53. The van der Waals surface area contributed by atoms with Crippen molar-refractivity contribution < 1.29 is 19.1 Å². The van der Waals surface area contributed by atoms with Crippen LogP contribution in [0.15, 0.2) is 24.3 Å². The molecule has 0 spiro atoms. The van der Waals surface area contributed by atoms with Crippen molar-refractivity contribution in [1.29, 1.82) is 0 Å². The fourth-order valence-corrected chi connectivity index (χ4v) is 2.72. The number of urea groups is 1. The Hall–Kier alpha value is -2.08. The molecule has 7 heteroatoms. The Labute approximate surface area is 139 Å². The van der Waals surface area contributed by atoms with Gasteiger partial charge in [-0.3, -0.25) is 14.5 Å². The summed E-state index contributed by atoms with van der Waals surface area (Å²) in [6, 6.07) is 6.11. The molecule has 1 aliphatic rings. The summed E-state index contributed by atoms with van der Waals surface area (Å²) in [4.78, 5) is 37.5. The molecular formula is C16H19ClN2O4. The Morgan fingerprint density at radius 2 is 1.91 bits per heavy atom. The zero-order valence-electron chi connectivity index (χ0n) is 13.5. The van der Waals surface area contributed by atoms with E-state index in [1.165, 1.54) is 0 Å². The minimum atomic E-state index is -1.31. The standard InChI is InChI=1S/C16H19ClN2O4/c1-15(2,3)23-12(20)9-19-13(21)16(4,18-14(19)22)10-7-5-6-8-11(10)17/h5-8H,9H2,1-4H3,(H,18,22)/t16-/m0/s1. The lowest BCUT2D eigenvalue weighted by Gasteiger charge is -2.24. The molecule has 0 unspecified atom stereocenters. The summed E-state index contributed by atoms with van der Waals surface area (Å²) in [6.07, 6.45) is 0. The van der Waals surface area contributed by atoms with Gasteiger partial charge in [0.05, 0.1) is 0 Å². The van der Waals surface area contributed by atoms with Gasteiger partial charge in [0.1, 0.15) is 17.7 Å². The van der Waals surface area contributed by atoms with E-state index in [2.05, 4.69) is 5.32 Å². The number of esters is 1. The van der Waals surface area contributed by atoms with E-state index in [-0.39, 0.29) is 0 Å². The van der Waals surface area contributed by atoms with Gasteiger partial charge in [0.15, 0.2) is 0 Å². The SMILES string of the molecule is CC(C)(C)OC(=O)CN1C(=O)N[C@@](C)(c2ccccc2Cl)C1=O. The molecule has 6 nitrogen and oxygen atoms in total. The maximum atomic E-state index is 12.7. The minimum absolute atomic E-state index is 0.364. The maximum Gasteiger partial charge on any atom is 0.326 e. The molecule has 1 fully saturated rings. The lowest BCUT2D eigenvalue weighted by atomic mass is 9.92. The van der Waals surface area contributed by atoms with E-state index in [0.717, 1.165) is 4.90 Å². The van der Waals surface area contributed by atoms with E-state index >= 15 is 0 Å². The molecule has 0 radical (unpaired) electrons. The Morgan fingerprint density at radius 1 is 1.30 bits per heavy atom. The van der Waals surface area contributed by atoms with Crippen molar-refractivity contribution in [2.45, 2.75) is 38.8 Å². The number of nitrogens with zero attached hydrogens (tertiary/aromatic N) is 1. The fourth-order valence-electron chi connectivity index (χ4n) is 2.39. The molecule has 2 rings (SSSR count). The van der Waals surface area contributed by atoms with E-state index in [4.69, 9.17) is 16.3 Å². The number of nitrogens with one attached hydrogen (secondary N) is 1. The average Bonchev–Trinajstić information content (AvgIpc) is 2.61. The summed E-state index contributed by atoms with van der Waals surface area (Å²) in [5.74, 6) is -1.19. The Morgan fingerprint density at radius 3 is 2.48 bits per heavy atom. The molecular weight excluding hydrogens is 320 g/mol. The van der Waals surface area contributed by atoms with E-state index in [0.29, 0.717) is 10.6 Å². The summed E-state index contributed by atoms with van der Waals surface area (Å²) in [7, 11) is 0. The number of rotatable bonds is 3. The summed E-state index contributed by atoms with van der Waals surface area (Å²) in [5, 5.41) is 2.96. The molecule has 0 aliphatic carbocycles. The number of benzene rings is 1. The van der Waals surface area contributed by atoms with Crippen LogP contribution in [0.4, 0.5) is 4.79 Å². The molecule has 0 aromatic heterocycles. The maximum absolute atomic E-state index is 12.7. The van der Waals surface area contributed by atoms with Gasteiger partial charge in [-0.2, -0.15) is 0 Å². The predicted octanol–water partition coefficient (Wildman–Crippen LogP) is 2.45. The second-order valence-electron chi connectivity index (χ2n) is 6.51. The van der Waals surface area contributed by atoms with Crippen LogP contribution in [0.5, 0.6) is 0 Å². The molecule has 1 N–H and O–H groups in total. The van der Waals surface area contributed by atoms with Crippen LogP contribution in [-0.4, -0.2) is 35.0 Å². The van der Waals surface area contributed by atoms with Crippen LogP contribution in [0.25, 0.3) is 0 Å². The smallest absolute Gasteiger partial charge is 0.326 e. The lowest BCUT2D eigenvalue weighted by molar-refractivity contribution is -0.157. The largest absolute Gasteiger partial charge is 0.459 e. The highest BCUT2D eigenvalue weighted by Crippen LogP contribution is 2.33. The van der Waals surface area contributed by atoms with Crippen molar-refractivity contribution >= 4 is 29.5 Å². The van der Waals surface area contributed by atoms with Crippen LogP contribution < -0.4 is 5.32 Å². The topological polar surface area (TPSA) is 75.7 Å². The number of carbonyl (C=O) groups is 3. The average molecular weight is 339 g/mol. The van der Waals surface area contributed by atoms with Crippen LogP contribution >= 0.6 is 11.6 Å². The Kier molecular flexibility index (Phi) is 4.39. The number of carbonyl (C=O) groups excluding carboxylic acids is 3. The van der Waals surface area contributed by atoms with Gasteiger partial charge in [0.25, 0.3) is 5.91 Å². The van der Waals surface area contributed by atoms with Gasteiger partial charge in [0, 0.05) is 10.6 Å². The van der Waals surface area contributed by atoms with Crippen LogP contribution in [0.3, 0.4) is 0 Å². The highest BCUT2D eigenvalue weighted by atomic mass is 35.5. The molecule has 3 amide bonds. The molecule has 0 bridgehead atoms. The number of amides is 3. The lowest BCUT2D eigenvalue weighted by Crippen LogP contribution is -2.42. The zero-order valence-corrected chi connectivity index (χ0v) is 14.2. The van der Waals surface area contributed by atoms with Crippen LogP contribution in [-0.2, 0) is 19.9 Å². The predicted molar refractivity (Wildman–Crippen MR) is 84.9 cm³/mol. The van der Waals surface area contributed by atoms with Crippen LogP contribution in [0, 0.1) is 0 Å². The third kappa shape index (κ3) is 3.47. The van der Waals surface area contributed by atoms with E-state index in [1.807, 2.05) is 0 Å². The number of halogens is 1. The highest BCUT2D eigenvalue weighted by Gasteiger charge is 2.50. The van der Waals surface area contributed by atoms with E-state index in [9.17, 15) is 14.4 Å². The van der Waals surface area contributed by atoms with E-state index in [1.54, 1.807) is 52.0 Å². The summed E-state index contributed by atoms with van der Waals surface area (Å²) in [6.45, 7) is 6.26. The van der Waals surface area contributed by atoms with Crippen LogP contribution in [0.1, 0.15) is 33.3 Å². The summed E-state index contributed by atoms with van der Waals surface area (Å²) < 4.78 is 5.16. The highest BCUT2D eigenvalue weighted by molar-refractivity contribution is 6.32. The third-order valence-electron chi connectivity index (χ3n) is 3.39. The molecule has 1 atom stereocenters. The first kappa shape index (κ1) is 17.3. The molecule has 23 heavy (non-hydrogen) atoms. The monoisotopic (exact) mass is 338 g/mol. The van der Waals surface area contributed by atoms with Crippen molar-refractivity contribution in [3.63, 3.8) is 0 Å². The first-order chi connectivity index (χ1) is 10.5. The number of hydrogen-bond donors (Lipinski definition) is 1. The molecule has 1 aliphatic heterocycles. The molecule has 1 heterocycles. The van der Waals surface area contributed by atoms with Gasteiger partial charge in [-0.05, 0) is 33.8 Å². The molecule has 1 aromatic rings. The fraction of sp³-hybridized carbons (Fsp3) is 0.438. The van der Waals surface area contributed by atoms with Gasteiger partial charge in [0.2, 0.25) is 0 Å².